The lowest BCUT2D eigenvalue weighted by Crippen LogP contribution is -2.28. The maximum Gasteiger partial charge on any atom is 0.387 e. The van der Waals surface area contributed by atoms with Gasteiger partial charge in [-0.2, -0.15) is 20.1 Å². The highest BCUT2D eigenvalue weighted by molar-refractivity contribution is 7.07. The molecule has 2 rings (SSSR count). The third kappa shape index (κ3) is 4.51. The number of hydrogen-bond donors (Lipinski definition) is 2. The Balaban J connectivity index is 1.94. The van der Waals surface area contributed by atoms with Crippen molar-refractivity contribution < 1.29 is 23.4 Å². The summed E-state index contributed by atoms with van der Waals surface area (Å²) in [4.78, 5) is 11.9. The van der Waals surface area contributed by atoms with Gasteiger partial charge in [0.1, 0.15) is 5.75 Å². The number of thiophene rings is 1. The van der Waals surface area contributed by atoms with E-state index < -0.39 is 18.6 Å². The second kappa shape index (κ2) is 7.14. The third-order valence-electron chi connectivity index (χ3n) is 2.71. The zero-order valence-electron chi connectivity index (χ0n) is 10.8. The largest absolute Gasteiger partial charge is 0.435 e. The molecule has 0 aliphatic carbocycles. The van der Waals surface area contributed by atoms with Crippen molar-refractivity contribution in [2.24, 2.45) is 0 Å². The van der Waals surface area contributed by atoms with Gasteiger partial charge in [-0.15, -0.1) is 0 Å². The molecule has 21 heavy (non-hydrogen) atoms. The van der Waals surface area contributed by atoms with E-state index in [1.54, 1.807) is 11.4 Å². The topological polar surface area (TPSA) is 58.6 Å². The first kappa shape index (κ1) is 15.4. The van der Waals surface area contributed by atoms with Gasteiger partial charge in [-0.3, -0.25) is 4.79 Å². The predicted octanol–water partition coefficient (Wildman–Crippen LogP) is 2.81. The van der Waals surface area contributed by atoms with Gasteiger partial charge in [0.05, 0.1) is 6.10 Å². The van der Waals surface area contributed by atoms with Crippen LogP contribution >= 0.6 is 11.3 Å². The zero-order chi connectivity index (χ0) is 15.2. The van der Waals surface area contributed by atoms with Gasteiger partial charge in [0, 0.05) is 12.1 Å². The maximum atomic E-state index is 12.1. The molecule has 7 heteroatoms. The summed E-state index contributed by atoms with van der Waals surface area (Å²) < 4.78 is 28.4. The van der Waals surface area contributed by atoms with Crippen molar-refractivity contribution in [2.45, 2.75) is 12.7 Å². The Bertz CT molecular complexity index is 590. The standard InChI is InChI=1S/C14H13F2NO3S/c15-14(16)20-11-3-1-2-9(6-11)13(19)17-7-12(18)10-4-5-21-8-10/h1-6,8,12,14,18H,7H2,(H,17,19). The van der Waals surface area contributed by atoms with Gasteiger partial charge in [0.2, 0.25) is 0 Å². The molecule has 0 aliphatic heterocycles. The van der Waals surface area contributed by atoms with E-state index >= 15 is 0 Å². The number of benzene rings is 1. The normalized spacial score (nSPS) is 12.2. The first-order chi connectivity index (χ1) is 10.1. The van der Waals surface area contributed by atoms with E-state index in [1.165, 1.54) is 35.6 Å². The second-order valence-corrected chi connectivity index (χ2v) is 4.97. The number of ether oxygens (including phenoxy) is 1. The van der Waals surface area contributed by atoms with Gasteiger partial charge in [-0.05, 0) is 40.6 Å². The minimum absolute atomic E-state index is 0.0372. The van der Waals surface area contributed by atoms with Crippen molar-refractivity contribution in [1.29, 1.82) is 0 Å². The van der Waals surface area contributed by atoms with E-state index in [0.29, 0.717) is 0 Å². The van der Waals surface area contributed by atoms with Crippen molar-refractivity contribution in [3.05, 3.63) is 52.2 Å². The van der Waals surface area contributed by atoms with E-state index in [1.807, 2.05) is 5.38 Å². The van der Waals surface area contributed by atoms with Crippen molar-refractivity contribution in [2.75, 3.05) is 6.54 Å². The lowest BCUT2D eigenvalue weighted by atomic mass is 10.1. The molecule has 1 heterocycles. The summed E-state index contributed by atoms with van der Waals surface area (Å²) in [5.74, 6) is -0.556. The maximum absolute atomic E-state index is 12.1. The molecular formula is C14H13F2NO3S. The molecule has 2 aromatic rings. The van der Waals surface area contributed by atoms with Crippen molar-refractivity contribution in [3.8, 4) is 5.75 Å². The molecular weight excluding hydrogens is 300 g/mol. The minimum Gasteiger partial charge on any atom is -0.435 e. The Morgan fingerprint density at radius 1 is 1.38 bits per heavy atom. The molecule has 1 atom stereocenters. The number of alkyl halides is 2. The van der Waals surface area contributed by atoms with Crippen LogP contribution in [0.5, 0.6) is 5.75 Å². The summed E-state index contributed by atoms with van der Waals surface area (Å²) in [6, 6.07) is 7.24. The summed E-state index contributed by atoms with van der Waals surface area (Å²) in [6.45, 7) is -2.90. The van der Waals surface area contributed by atoms with Crippen LogP contribution in [0, 0.1) is 0 Å². The van der Waals surface area contributed by atoms with Gasteiger partial charge in [-0.1, -0.05) is 6.07 Å². The van der Waals surface area contributed by atoms with Crippen LogP contribution < -0.4 is 10.1 Å². The highest BCUT2D eigenvalue weighted by Crippen LogP contribution is 2.17. The SMILES string of the molecule is O=C(NCC(O)c1ccsc1)c1cccc(OC(F)F)c1. The van der Waals surface area contributed by atoms with Crippen LogP contribution in [0.3, 0.4) is 0 Å². The molecule has 0 aliphatic rings. The summed E-state index contributed by atoms with van der Waals surface area (Å²) in [5.41, 5.74) is 0.903. The lowest BCUT2D eigenvalue weighted by Gasteiger charge is -2.11. The monoisotopic (exact) mass is 313 g/mol. The Morgan fingerprint density at radius 2 is 2.19 bits per heavy atom. The van der Waals surface area contributed by atoms with Crippen LogP contribution in [0.1, 0.15) is 22.0 Å². The number of hydrogen-bond acceptors (Lipinski definition) is 4. The summed E-state index contributed by atoms with van der Waals surface area (Å²) >= 11 is 1.45. The van der Waals surface area contributed by atoms with Crippen molar-refractivity contribution in [3.63, 3.8) is 0 Å². The van der Waals surface area contributed by atoms with Crippen molar-refractivity contribution in [1.82, 2.24) is 5.32 Å². The molecule has 112 valence electrons. The van der Waals surface area contributed by atoms with E-state index in [-0.39, 0.29) is 17.9 Å². The number of aliphatic hydroxyl groups is 1. The van der Waals surface area contributed by atoms with Crippen LogP contribution in [-0.2, 0) is 0 Å². The van der Waals surface area contributed by atoms with E-state index in [2.05, 4.69) is 10.1 Å². The molecule has 1 aromatic carbocycles. The number of aliphatic hydroxyl groups excluding tert-OH is 1. The van der Waals surface area contributed by atoms with Gasteiger partial charge in [0.15, 0.2) is 0 Å². The smallest absolute Gasteiger partial charge is 0.387 e. The summed E-state index contributed by atoms with van der Waals surface area (Å²) in [5, 5.41) is 16.0. The van der Waals surface area contributed by atoms with Gasteiger partial charge in [-0.25, -0.2) is 0 Å². The molecule has 1 unspecified atom stereocenters. The number of carbonyl (C=O) groups excluding carboxylic acids is 1. The molecule has 4 nitrogen and oxygen atoms in total. The Morgan fingerprint density at radius 3 is 2.86 bits per heavy atom. The first-order valence-corrected chi connectivity index (χ1v) is 7.04. The number of halogens is 2. The minimum atomic E-state index is -2.94. The van der Waals surface area contributed by atoms with E-state index in [4.69, 9.17) is 0 Å². The van der Waals surface area contributed by atoms with Crippen LogP contribution in [0.2, 0.25) is 0 Å². The highest BCUT2D eigenvalue weighted by atomic mass is 32.1. The van der Waals surface area contributed by atoms with E-state index in [0.717, 1.165) is 5.56 Å². The van der Waals surface area contributed by atoms with Crippen LogP contribution in [-0.4, -0.2) is 24.2 Å². The zero-order valence-corrected chi connectivity index (χ0v) is 11.6. The fourth-order valence-electron chi connectivity index (χ4n) is 1.69. The summed E-state index contributed by atoms with van der Waals surface area (Å²) in [6.07, 6.45) is -0.805. The second-order valence-electron chi connectivity index (χ2n) is 4.19. The molecule has 0 spiro atoms. The lowest BCUT2D eigenvalue weighted by molar-refractivity contribution is -0.0498. The molecule has 0 fully saturated rings. The molecule has 1 aromatic heterocycles. The first-order valence-electron chi connectivity index (χ1n) is 6.09. The Kier molecular flexibility index (Phi) is 5.24. The fraction of sp³-hybridized carbons (Fsp3) is 0.214. The molecule has 1 amide bonds. The average Bonchev–Trinajstić information content (AvgIpc) is 2.98. The highest BCUT2D eigenvalue weighted by Gasteiger charge is 2.12. The molecule has 0 saturated carbocycles. The number of amides is 1. The van der Waals surface area contributed by atoms with Crippen LogP contribution in [0.15, 0.2) is 41.1 Å². The molecule has 2 N–H and O–H groups in total. The van der Waals surface area contributed by atoms with Gasteiger partial charge in [0.25, 0.3) is 5.91 Å². The van der Waals surface area contributed by atoms with Gasteiger partial charge < -0.3 is 15.2 Å². The van der Waals surface area contributed by atoms with Crippen molar-refractivity contribution >= 4 is 17.2 Å². The third-order valence-corrected chi connectivity index (χ3v) is 3.41. The number of rotatable bonds is 6. The fourth-order valence-corrected chi connectivity index (χ4v) is 2.39. The van der Waals surface area contributed by atoms with Crippen LogP contribution in [0.25, 0.3) is 0 Å². The van der Waals surface area contributed by atoms with Crippen LogP contribution in [0.4, 0.5) is 8.78 Å². The molecule has 0 saturated heterocycles. The Labute approximate surface area is 124 Å². The summed E-state index contributed by atoms with van der Waals surface area (Å²) in [7, 11) is 0. The average molecular weight is 313 g/mol. The quantitative estimate of drug-likeness (QED) is 0.862. The number of carbonyl (C=O) groups is 1. The molecule has 0 radical (unpaired) electrons. The molecule has 0 bridgehead atoms. The van der Waals surface area contributed by atoms with Gasteiger partial charge >= 0.3 is 6.61 Å². The Hall–Kier alpha value is -1.99. The number of nitrogens with one attached hydrogen (secondary N) is 1. The predicted molar refractivity (Wildman–Crippen MR) is 74.7 cm³/mol. The van der Waals surface area contributed by atoms with E-state index in [9.17, 15) is 18.7 Å².